The molecule has 0 unspecified atom stereocenters. The Hall–Kier alpha value is -1.30. The van der Waals surface area contributed by atoms with Crippen molar-refractivity contribution in [3.05, 3.63) is 0 Å². The van der Waals surface area contributed by atoms with Crippen LogP contribution in [-0.2, 0) is 9.59 Å². The van der Waals surface area contributed by atoms with Gasteiger partial charge < -0.3 is 26.3 Å². The zero-order chi connectivity index (χ0) is 15.9. The van der Waals surface area contributed by atoms with Gasteiger partial charge in [0.1, 0.15) is 19.1 Å². The molecule has 0 aliphatic carbocycles. The van der Waals surface area contributed by atoms with Gasteiger partial charge >= 0.3 is 0 Å². The van der Waals surface area contributed by atoms with Crippen LogP contribution in [0.3, 0.4) is 0 Å². The maximum absolute atomic E-state index is 12.5. The van der Waals surface area contributed by atoms with E-state index in [2.05, 4.69) is 0 Å². The van der Waals surface area contributed by atoms with E-state index in [1.165, 1.54) is 0 Å². The van der Waals surface area contributed by atoms with Gasteiger partial charge in [0.25, 0.3) is 5.91 Å². The molecule has 3 saturated heterocycles. The lowest BCUT2D eigenvalue weighted by Crippen LogP contribution is -2.72. The number of amides is 1. The molecule has 0 aromatic heterocycles. The molecule has 25 heavy (non-hydrogen) atoms. The maximum Gasteiger partial charge on any atom is 0.255 e. The standard InChI is InChI=1S/C15H24N2O5.3H2O/c18-13(19)7-1-6-12-10-4-2-8-17(22)9-3-5-11(14(10)17)15(20)16(12)21;;;/h10-12,14,21-22H,1-9H2;3*1H2/t10-,11+,12-,14-,17-;;;/m1.../s1. The van der Waals surface area contributed by atoms with Gasteiger partial charge in [-0.2, -0.15) is 4.65 Å². The Labute approximate surface area is 146 Å². The predicted octanol–water partition coefficient (Wildman–Crippen LogP) is -2.57. The molecule has 3 fully saturated rings. The van der Waals surface area contributed by atoms with Gasteiger partial charge in [-0.25, -0.2) is 10.3 Å². The summed E-state index contributed by atoms with van der Waals surface area (Å²) in [5, 5.41) is 32.6. The van der Waals surface area contributed by atoms with E-state index in [-0.39, 0.29) is 51.3 Å². The van der Waals surface area contributed by atoms with Crippen molar-refractivity contribution in [2.75, 3.05) is 13.1 Å². The number of carboxylic acids is 1. The van der Waals surface area contributed by atoms with E-state index in [9.17, 15) is 25.1 Å². The molecule has 10 nitrogen and oxygen atoms in total. The Morgan fingerprint density at radius 3 is 2.40 bits per heavy atom. The predicted molar refractivity (Wildman–Crippen MR) is 83.1 cm³/mol. The third-order valence-electron chi connectivity index (χ3n) is 5.78. The lowest BCUT2D eigenvalue weighted by molar-refractivity contribution is -1.13. The van der Waals surface area contributed by atoms with Gasteiger partial charge in [0, 0.05) is 24.7 Å². The summed E-state index contributed by atoms with van der Waals surface area (Å²) in [5.74, 6) is -1.70. The molecule has 0 radical (unpaired) electrons. The molecular formula is C15H30N2O8. The van der Waals surface area contributed by atoms with E-state index in [1.807, 2.05) is 0 Å². The SMILES string of the molecule is O.O.O.O=C([O-])CCC[C@@H]1[C@H]2CCC[N@@+]3(O)CCC[C@H](C(=O)N1O)[C@@H]23. The molecule has 3 heterocycles. The van der Waals surface area contributed by atoms with Crippen molar-refractivity contribution in [3.8, 4) is 0 Å². The third-order valence-corrected chi connectivity index (χ3v) is 5.78. The van der Waals surface area contributed by atoms with Gasteiger partial charge in [0.15, 0.2) is 0 Å². The molecule has 3 aliphatic heterocycles. The van der Waals surface area contributed by atoms with E-state index in [4.69, 9.17) is 0 Å². The topological polar surface area (TPSA) is 195 Å². The summed E-state index contributed by atoms with van der Waals surface area (Å²) in [5.41, 5.74) is 0. The van der Waals surface area contributed by atoms with Gasteiger partial charge in [0.05, 0.1) is 12.0 Å². The summed E-state index contributed by atoms with van der Waals surface area (Å²) in [4.78, 5) is 23.0. The highest BCUT2D eigenvalue weighted by molar-refractivity contribution is 5.79. The molecular weight excluding hydrogens is 336 g/mol. The number of hydroxylamine groups is 5. The van der Waals surface area contributed by atoms with Gasteiger partial charge in [-0.1, -0.05) is 0 Å². The first-order chi connectivity index (χ1) is 10.4. The number of aliphatic carboxylic acids is 1. The molecule has 0 bridgehead atoms. The zero-order valence-electron chi connectivity index (χ0n) is 14.2. The number of carbonyl (C=O) groups is 2. The fraction of sp³-hybridized carbons (Fsp3) is 0.867. The molecule has 10 heteroatoms. The minimum atomic E-state index is -1.11. The summed E-state index contributed by atoms with van der Waals surface area (Å²) >= 11 is 0. The molecule has 0 aromatic rings. The number of hydrogen-bond donors (Lipinski definition) is 2. The molecule has 3 rings (SSSR count). The van der Waals surface area contributed by atoms with Gasteiger partial charge in [0.2, 0.25) is 0 Å². The number of hydrogen-bond acceptors (Lipinski definition) is 5. The Kier molecular flexibility index (Phi) is 8.42. The van der Waals surface area contributed by atoms with Crippen molar-refractivity contribution < 1.29 is 46.2 Å². The summed E-state index contributed by atoms with van der Waals surface area (Å²) in [7, 11) is 0. The highest BCUT2D eigenvalue weighted by Crippen LogP contribution is 2.46. The van der Waals surface area contributed by atoms with Crippen LogP contribution in [0, 0.1) is 11.8 Å². The Morgan fingerprint density at radius 1 is 1.20 bits per heavy atom. The summed E-state index contributed by atoms with van der Waals surface area (Å²) in [6.07, 6.45) is 3.97. The van der Waals surface area contributed by atoms with E-state index >= 15 is 0 Å². The Balaban J connectivity index is 0.00000192. The van der Waals surface area contributed by atoms with Crippen LogP contribution in [0.5, 0.6) is 0 Å². The summed E-state index contributed by atoms with van der Waals surface area (Å²) < 4.78 is -0.0497. The van der Waals surface area contributed by atoms with Crippen molar-refractivity contribution in [2.24, 2.45) is 11.8 Å². The van der Waals surface area contributed by atoms with E-state index in [1.54, 1.807) is 0 Å². The number of carbonyl (C=O) groups excluding carboxylic acids is 2. The smallest absolute Gasteiger partial charge is 0.255 e. The average molecular weight is 366 g/mol. The van der Waals surface area contributed by atoms with Crippen LogP contribution in [0.1, 0.15) is 44.9 Å². The molecule has 3 aliphatic rings. The Bertz CT molecular complexity index is 472. The minimum Gasteiger partial charge on any atom is -0.550 e. The van der Waals surface area contributed by atoms with Crippen molar-refractivity contribution in [2.45, 2.75) is 57.0 Å². The number of carboxylic acid groups (broad SMARTS) is 1. The molecule has 0 saturated carbocycles. The van der Waals surface area contributed by atoms with Crippen molar-refractivity contribution in [1.29, 1.82) is 0 Å². The van der Waals surface area contributed by atoms with Crippen LogP contribution in [-0.4, -0.2) is 73.6 Å². The molecule has 5 atom stereocenters. The maximum atomic E-state index is 12.5. The van der Waals surface area contributed by atoms with Crippen LogP contribution in [0.4, 0.5) is 0 Å². The van der Waals surface area contributed by atoms with E-state index in [0.717, 1.165) is 24.3 Å². The average Bonchev–Trinajstić information content (AvgIpc) is 2.47. The zero-order valence-corrected chi connectivity index (χ0v) is 14.2. The van der Waals surface area contributed by atoms with E-state index < -0.39 is 12.0 Å². The van der Waals surface area contributed by atoms with Crippen molar-refractivity contribution >= 4 is 11.9 Å². The Morgan fingerprint density at radius 2 is 1.80 bits per heavy atom. The molecule has 1 amide bonds. The van der Waals surface area contributed by atoms with Crippen LogP contribution in [0.25, 0.3) is 0 Å². The minimum absolute atomic E-state index is 0. The van der Waals surface area contributed by atoms with Crippen LogP contribution >= 0.6 is 0 Å². The summed E-state index contributed by atoms with van der Waals surface area (Å²) in [6, 6.07) is -0.539. The molecule has 0 aromatic carbocycles. The normalized spacial score (nSPS) is 36.2. The third kappa shape index (κ3) is 4.10. The first-order valence-corrected chi connectivity index (χ1v) is 8.25. The van der Waals surface area contributed by atoms with E-state index in [0.29, 0.717) is 32.4 Å². The summed E-state index contributed by atoms with van der Waals surface area (Å²) in [6.45, 7) is 1.34. The van der Waals surface area contributed by atoms with Crippen LogP contribution < -0.4 is 5.11 Å². The van der Waals surface area contributed by atoms with Gasteiger partial charge in [-0.15, -0.1) is 0 Å². The largest absolute Gasteiger partial charge is 0.550 e. The lowest BCUT2D eigenvalue weighted by Gasteiger charge is -2.56. The van der Waals surface area contributed by atoms with Crippen LogP contribution in [0.2, 0.25) is 0 Å². The van der Waals surface area contributed by atoms with Crippen molar-refractivity contribution in [1.82, 2.24) is 5.06 Å². The molecule has 0 spiro atoms. The second-order valence-corrected chi connectivity index (χ2v) is 6.99. The van der Waals surface area contributed by atoms with Gasteiger partial charge in [-0.05, 0) is 32.1 Å². The first kappa shape index (κ1) is 23.7. The fourth-order valence-electron chi connectivity index (χ4n) is 4.92. The number of piperidine rings is 3. The van der Waals surface area contributed by atoms with Crippen molar-refractivity contribution in [3.63, 3.8) is 0 Å². The van der Waals surface area contributed by atoms with Gasteiger partial charge in [-0.3, -0.25) is 10.0 Å². The second-order valence-electron chi connectivity index (χ2n) is 6.99. The molecule has 148 valence electrons. The molecule has 8 N–H and O–H groups in total. The lowest BCUT2D eigenvalue weighted by atomic mass is 9.69. The number of nitrogens with zero attached hydrogens (tertiary/aromatic N) is 2. The fourth-order valence-corrected chi connectivity index (χ4v) is 4.92. The monoisotopic (exact) mass is 366 g/mol. The highest BCUT2D eigenvalue weighted by Gasteiger charge is 2.60. The number of quaternary nitrogens is 1. The number of rotatable bonds is 4. The first-order valence-electron chi connectivity index (χ1n) is 8.25. The van der Waals surface area contributed by atoms with Crippen LogP contribution in [0.15, 0.2) is 0 Å². The highest BCUT2D eigenvalue weighted by atomic mass is 16.6. The second kappa shape index (κ2) is 8.88. The quantitative estimate of drug-likeness (QED) is 0.406.